The van der Waals surface area contributed by atoms with Gasteiger partial charge in [-0.05, 0) is 55.9 Å². The first-order valence-electron chi connectivity index (χ1n) is 7.25. The zero-order chi connectivity index (χ0) is 14.6. The van der Waals surface area contributed by atoms with E-state index in [0.29, 0.717) is 16.8 Å². The summed E-state index contributed by atoms with van der Waals surface area (Å²) in [6, 6.07) is 3.34. The molecule has 0 radical (unpaired) electrons. The Bertz CT molecular complexity index is 809. The average molecular weight is 278 g/mol. The van der Waals surface area contributed by atoms with Gasteiger partial charge in [-0.2, -0.15) is 0 Å². The molecule has 0 unspecified atom stereocenters. The number of nitrogens with zero attached hydrogens (tertiary/aromatic N) is 2. The number of aryl methyl sites for hydroxylation is 1. The second-order valence-corrected chi connectivity index (χ2v) is 5.65. The van der Waals surface area contributed by atoms with Gasteiger partial charge in [-0.1, -0.05) is 0 Å². The molecule has 4 rings (SSSR count). The normalized spacial score (nSPS) is 16.2. The maximum Gasteiger partial charge on any atom is 0.214 e. The van der Waals surface area contributed by atoms with Crippen molar-refractivity contribution in [1.29, 1.82) is 0 Å². The molecule has 4 nitrogen and oxygen atoms in total. The lowest BCUT2D eigenvalue weighted by atomic mass is 9.83. The van der Waals surface area contributed by atoms with Gasteiger partial charge in [0, 0.05) is 11.9 Å². The highest BCUT2D eigenvalue weighted by atomic mass is 16.1. The number of aromatic nitrogens is 2. The van der Waals surface area contributed by atoms with Gasteiger partial charge in [0.2, 0.25) is 11.6 Å². The van der Waals surface area contributed by atoms with Gasteiger partial charge >= 0.3 is 0 Å². The second-order valence-electron chi connectivity index (χ2n) is 5.65. The van der Waals surface area contributed by atoms with Crippen molar-refractivity contribution in [3.05, 3.63) is 57.7 Å². The Morgan fingerprint density at radius 3 is 2.71 bits per heavy atom. The van der Waals surface area contributed by atoms with E-state index in [-0.39, 0.29) is 17.3 Å². The van der Waals surface area contributed by atoms with Crippen molar-refractivity contribution in [1.82, 2.24) is 9.97 Å². The predicted molar refractivity (Wildman–Crippen MR) is 76.7 cm³/mol. The SMILES string of the molecule is Cc1c2c(nc3c1C(=O)c1ncccc1C3=O)CCCC2. The van der Waals surface area contributed by atoms with Crippen LogP contribution in [-0.2, 0) is 12.8 Å². The van der Waals surface area contributed by atoms with Crippen LogP contribution in [-0.4, -0.2) is 21.5 Å². The molecule has 0 amide bonds. The molecule has 0 atom stereocenters. The molecule has 0 aliphatic heterocycles. The number of ketones is 2. The van der Waals surface area contributed by atoms with E-state index in [2.05, 4.69) is 9.97 Å². The maximum atomic E-state index is 12.7. The number of carbonyl (C=O) groups excluding carboxylic acids is 2. The van der Waals surface area contributed by atoms with Gasteiger partial charge in [0.05, 0.1) is 11.1 Å². The molecule has 0 fully saturated rings. The third kappa shape index (κ3) is 1.62. The fraction of sp³-hybridized carbons (Fsp3) is 0.294. The summed E-state index contributed by atoms with van der Waals surface area (Å²) in [6.07, 6.45) is 5.60. The number of carbonyl (C=O) groups is 2. The van der Waals surface area contributed by atoms with E-state index in [1.54, 1.807) is 18.3 Å². The Hall–Kier alpha value is -2.36. The van der Waals surface area contributed by atoms with Crippen molar-refractivity contribution in [3.8, 4) is 0 Å². The molecule has 2 aromatic rings. The molecule has 0 saturated carbocycles. The Kier molecular flexibility index (Phi) is 2.55. The zero-order valence-electron chi connectivity index (χ0n) is 11.8. The zero-order valence-corrected chi connectivity index (χ0v) is 11.8. The largest absolute Gasteiger partial charge is 0.287 e. The number of hydrogen-bond acceptors (Lipinski definition) is 4. The molecule has 104 valence electrons. The van der Waals surface area contributed by atoms with Crippen molar-refractivity contribution in [2.45, 2.75) is 32.6 Å². The molecule has 0 spiro atoms. The van der Waals surface area contributed by atoms with Crippen LogP contribution in [0.3, 0.4) is 0 Å². The summed E-state index contributed by atoms with van der Waals surface area (Å²) in [6.45, 7) is 1.93. The highest BCUT2D eigenvalue weighted by molar-refractivity contribution is 6.27. The molecule has 4 heteroatoms. The van der Waals surface area contributed by atoms with Gasteiger partial charge in [0.15, 0.2) is 0 Å². The van der Waals surface area contributed by atoms with E-state index >= 15 is 0 Å². The van der Waals surface area contributed by atoms with Crippen LogP contribution >= 0.6 is 0 Å². The van der Waals surface area contributed by atoms with Gasteiger partial charge in [-0.3, -0.25) is 14.6 Å². The molecular weight excluding hydrogens is 264 g/mol. The highest BCUT2D eigenvalue weighted by Crippen LogP contribution is 2.32. The van der Waals surface area contributed by atoms with Crippen molar-refractivity contribution in [3.63, 3.8) is 0 Å². The summed E-state index contributed by atoms with van der Waals surface area (Å²) < 4.78 is 0. The molecule has 2 aliphatic carbocycles. The minimum atomic E-state index is -0.177. The van der Waals surface area contributed by atoms with E-state index in [1.165, 1.54) is 0 Å². The van der Waals surface area contributed by atoms with Crippen LogP contribution in [0, 0.1) is 6.92 Å². The summed E-state index contributed by atoms with van der Waals surface area (Å²) in [5.41, 5.74) is 4.48. The van der Waals surface area contributed by atoms with Crippen LogP contribution < -0.4 is 0 Å². The van der Waals surface area contributed by atoms with Gasteiger partial charge in [-0.25, -0.2) is 4.98 Å². The fourth-order valence-corrected chi connectivity index (χ4v) is 3.39. The lowest BCUT2D eigenvalue weighted by Crippen LogP contribution is -2.27. The quantitative estimate of drug-likeness (QED) is 0.633. The third-order valence-electron chi connectivity index (χ3n) is 4.46. The van der Waals surface area contributed by atoms with Gasteiger partial charge < -0.3 is 0 Å². The summed E-state index contributed by atoms with van der Waals surface area (Å²) in [7, 11) is 0. The molecule has 0 aromatic carbocycles. The smallest absolute Gasteiger partial charge is 0.214 e. The van der Waals surface area contributed by atoms with Crippen molar-refractivity contribution in [2.75, 3.05) is 0 Å². The van der Waals surface area contributed by atoms with Crippen LogP contribution in [0.5, 0.6) is 0 Å². The van der Waals surface area contributed by atoms with E-state index < -0.39 is 0 Å². The van der Waals surface area contributed by atoms with Crippen LogP contribution in [0.15, 0.2) is 18.3 Å². The number of rotatable bonds is 0. The third-order valence-corrected chi connectivity index (χ3v) is 4.46. The van der Waals surface area contributed by atoms with Crippen LogP contribution in [0.25, 0.3) is 0 Å². The van der Waals surface area contributed by atoms with Crippen LogP contribution in [0.1, 0.15) is 61.8 Å². The van der Waals surface area contributed by atoms with Crippen LogP contribution in [0.4, 0.5) is 0 Å². The Balaban J connectivity index is 2.03. The topological polar surface area (TPSA) is 59.9 Å². The molecule has 2 aromatic heterocycles. The summed E-state index contributed by atoms with van der Waals surface area (Å²) >= 11 is 0. The van der Waals surface area contributed by atoms with E-state index in [1.807, 2.05) is 6.92 Å². The molecule has 2 aliphatic rings. The Morgan fingerprint density at radius 1 is 1.05 bits per heavy atom. The van der Waals surface area contributed by atoms with Gasteiger partial charge in [0.25, 0.3) is 0 Å². The van der Waals surface area contributed by atoms with Crippen molar-refractivity contribution >= 4 is 11.6 Å². The lowest BCUT2D eigenvalue weighted by Gasteiger charge is -2.24. The number of hydrogen-bond donors (Lipinski definition) is 0. The van der Waals surface area contributed by atoms with E-state index in [9.17, 15) is 9.59 Å². The standard InChI is InChI=1S/C17H14N2O2/c1-9-10-5-2-3-7-12(10)19-15-13(9)17(21)14-11(16(15)20)6-4-8-18-14/h4,6,8H,2-3,5,7H2,1H3. The summed E-state index contributed by atoms with van der Waals surface area (Å²) in [5.74, 6) is -0.345. The van der Waals surface area contributed by atoms with Crippen molar-refractivity contribution in [2.24, 2.45) is 0 Å². The molecule has 21 heavy (non-hydrogen) atoms. The first kappa shape index (κ1) is 12.4. The first-order valence-corrected chi connectivity index (χ1v) is 7.25. The molecule has 0 N–H and O–H groups in total. The van der Waals surface area contributed by atoms with E-state index in [0.717, 1.165) is 42.5 Å². The molecule has 0 saturated heterocycles. The summed E-state index contributed by atoms with van der Waals surface area (Å²) in [5, 5.41) is 0. The average Bonchev–Trinajstić information content (AvgIpc) is 2.52. The minimum absolute atomic E-state index is 0.168. The minimum Gasteiger partial charge on any atom is -0.287 e. The predicted octanol–water partition coefficient (Wildman–Crippen LogP) is 2.44. The highest BCUT2D eigenvalue weighted by Gasteiger charge is 2.35. The molecule has 2 heterocycles. The fourth-order valence-electron chi connectivity index (χ4n) is 3.39. The monoisotopic (exact) mass is 278 g/mol. The van der Waals surface area contributed by atoms with Crippen LogP contribution in [0.2, 0.25) is 0 Å². The maximum absolute atomic E-state index is 12.7. The summed E-state index contributed by atoms with van der Waals surface area (Å²) in [4.78, 5) is 34.0. The number of fused-ring (bicyclic) bond motifs is 3. The second kappa shape index (κ2) is 4.32. The Labute approximate surface area is 122 Å². The number of pyridine rings is 2. The van der Waals surface area contributed by atoms with Gasteiger partial charge in [0.1, 0.15) is 11.4 Å². The van der Waals surface area contributed by atoms with Crippen molar-refractivity contribution < 1.29 is 9.59 Å². The Morgan fingerprint density at radius 2 is 1.86 bits per heavy atom. The first-order chi connectivity index (χ1) is 10.2. The van der Waals surface area contributed by atoms with E-state index in [4.69, 9.17) is 0 Å². The molecule has 0 bridgehead atoms. The van der Waals surface area contributed by atoms with Gasteiger partial charge in [-0.15, -0.1) is 0 Å². The molecular formula is C17H14N2O2. The lowest BCUT2D eigenvalue weighted by molar-refractivity contribution is 0.0970.